The highest BCUT2D eigenvalue weighted by molar-refractivity contribution is 5.77. The SMILES string of the molecule is O=Nc1ccc(OC(=O)OCc2cc3ccccc3o2)cc1. The van der Waals surface area contributed by atoms with Crippen LogP contribution in [0.25, 0.3) is 11.0 Å². The summed E-state index contributed by atoms with van der Waals surface area (Å²) in [4.78, 5) is 21.9. The fraction of sp³-hybridized carbons (Fsp3) is 0.0625. The Morgan fingerprint density at radius 3 is 2.59 bits per heavy atom. The fourth-order valence-electron chi connectivity index (χ4n) is 1.94. The highest BCUT2D eigenvalue weighted by Crippen LogP contribution is 2.20. The quantitative estimate of drug-likeness (QED) is 0.401. The lowest BCUT2D eigenvalue weighted by Crippen LogP contribution is -2.10. The van der Waals surface area contributed by atoms with Crippen LogP contribution in [0.15, 0.2) is 64.2 Å². The maximum Gasteiger partial charge on any atom is 0.514 e. The second kappa shape index (κ2) is 6.09. The zero-order chi connectivity index (χ0) is 15.4. The van der Waals surface area contributed by atoms with Crippen LogP contribution in [-0.2, 0) is 11.3 Å². The van der Waals surface area contributed by atoms with Gasteiger partial charge in [-0.1, -0.05) is 18.2 Å². The lowest BCUT2D eigenvalue weighted by molar-refractivity contribution is 0.0869. The second-order valence-electron chi connectivity index (χ2n) is 4.48. The Labute approximate surface area is 125 Å². The molecular formula is C16H11NO5. The number of furan rings is 1. The maximum absolute atomic E-state index is 11.6. The molecule has 0 spiro atoms. The van der Waals surface area contributed by atoms with Gasteiger partial charge in [-0.25, -0.2) is 4.79 Å². The summed E-state index contributed by atoms with van der Waals surface area (Å²) in [7, 11) is 0. The van der Waals surface area contributed by atoms with Crippen LogP contribution < -0.4 is 4.74 Å². The van der Waals surface area contributed by atoms with Gasteiger partial charge in [0.1, 0.15) is 22.8 Å². The lowest BCUT2D eigenvalue weighted by atomic mass is 10.2. The Kier molecular flexibility index (Phi) is 3.82. The Balaban J connectivity index is 1.58. The number of para-hydroxylation sites is 1. The summed E-state index contributed by atoms with van der Waals surface area (Å²) in [5.74, 6) is 0.792. The van der Waals surface area contributed by atoms with Crippen molar-refractivity contribution in [3.63, 3.8) is 0 Å². The van der Waals surface area contributed by atoms with Crippen LogP contribution in [0, 0.1) is 4.91 Å². The molecule has 0 aliphatic carbocycles. The number of hydrogen-bond donors (Lipinski definition) is 0. The molecule has 110 valence electrons. The largest absolute Gasteiger partial charge is 0.514 e. The third-order valence-electron chi connectivity index (χ3n) is 2.95. The topological polar surface area (TPSA) is 78.1 Å². The van der Waals surface area contributed by atoms with E-state index in [9.17, 15) is 9.70 Å². The first kappa shape index (κ1) is 13.8. The van der Waals surface area contributed by atoms with Crippen molar-refractivity contribution in [2.24, 2.45) is 5.18 Å². The predicted molar refractivity (Wildman–Crippen MR) is 78.9 cm³/mol. The first-order valence-electron chi connectivity index (χ1n) is 6.50. The molecule has 3 aromatic rings. The van der Waals surface area contributed by atoms with Crippen LogP contribution in [0.1, 0.15) is 5.76 Å². The van der Waals surface area contributed by atoms with E-state index in [-0.39, 0.29) is 18.0 Å². The van der Waals surface area contributed by atoms with E-state index >= 15 is 0 Å². The molecule has 2 aromatic carbocycles. The fourth-order valence-corrected chi connectivity index (χ4v) is 1.94. The minimum atomic E-state index is -0.854. The van der Waals surface area contributed by atoms with Gasteiger partial charge in [-0.2, -0.15) is 0 Å². The Morgan fingerprint density at radius 1 is 1.09 bits per heavy atom. The summed E-state index contributed by atoms with van der Waals surface area (Å²) in [6.07, 6.45) is -0.854. The number of carbonyl (C=O) groups excluding carboxylic acids is 1. The van der Waals surface area contributed by atoms with E-state index in [0.29, 0.717) is 5.76 Å². The molecular weight excluding hydrogens is 286 g/mol. The summed E-state index contributed by atoms with van der Waals surface area (Å²) >= 11 is 0. The van der Waals surface area contributed by atoms with Gasteiger partial charge in [0.05, 0.1) is 0 Å². The molecule has 1 heterocycles. The van der Waals surface area contributed by atoms with E-state index in [2.05, 4.69) is 5.18 Å². The van der Waals surface area contributed by atoms with E-state index in [0.717, 1.165) is 11.0 Å². The molecule has 0 unspecified atom stereocenters. The number of benzene rings is 2. The Bertz CT molecular complexity index is 774. The third kappa shape index (κ3) is 3.12. The Morgan fingerprint density at radius 2 is 1.86 bits per heavy atom. The lowest BCUT2D eigenvalue weighted by Gasteiger charge is -2.04. The minimum Gasteiger partial charge on any atom is -0.457 e. The van der Waals surface area contributed by atoms with Gasteiger partial charge >= 0.3 is 6.16 Å². The Hall–Kier alpha value is -3.15. The molecule has 0 saturated heterocycles. The third-order valence-corrected chi connectivity index (χ3v) is 2.95. The van der Waals surface area contributed by atoms with Crippen LogP contribution in [-0.4, -0.2) is 6.16 Å². The molecule has 6 nitrogen and oxygen atoms in total. The van der Waals surface area contributed by atoms with E-state index < -0.39 is 6.16 Å². The summed E-state index contributed by atoms with van der Waals surface area (Å²) in [6.45, 7) is -0.0263. The first-order valence-corrected chi connectivity index (χ1v) is 6.50. The van der Waals surface area contributed by atoms with E-state index in [4.69, 9.17) is 13.9 Å². The average Bonchev–Trinajstić information content (AvgIpc) is 2.96. The number of ether oxygens (including phenoxy) is 2. The van der Waals surface area contributed by atoms with Gasteiger partial charge in [-0.3, -0.25) is 0 Å². The molecule has 0 N–H and O–H groups in total. The van der Waals surface area contributed by atoms with Crippen molar-refractivity contribution in [2.45, 2.75) is 6.61 Å². The molecule has 0 fully saturated rings. The van der Waals surface area contributed by atoms with E-state index in [1.807, 2.05) is 24.3 Å². The van der Waals surface area contributed by atoms with Gasteiger partial charge in [0.2, 0.25) is 0 Å². The smallest absolute Gasteiger partial charge is 0.457 e. The summed E-state index contributed by atoms with van der Waals surface area (Å²) in [5, 5.41) is 3.69. The molecule has 1 aromatic heterocycles. The summed E-state index contributed by atoms with van der Waals surface area (Å²) in [6, 6.07) is 15.1. The molecule has 0 bridgehead atoms. The van der Waals surface area contributed by atoms with E-state index in [1.54, 1.807) is 6.07 Å². The van der Waals surface area contributed by atoms with Crippen molar-refractivity contribution in [1.29, 1.82) is 0 Å². The van der Waals surface area contributed by atoms with Gasteiger partial charge in [-0.05, 0) is 41.6 Å². The summed E-state index contributed by atoms with van der Waals surface area (Å²) < 4.78 is 15.5. The number of hydrogen-bond acceptors (Lipinski definition) is 6. The number of carbonyl (C=O) groups is 1. The van der Waals surface area contributed by atoms with Crippen LogP contribution >= 0.6 is 0 Å². The van der Waals surface area contributed by atoms with Crippen molar-refractivity contribution in [2.75, 3.05) is 0 Å². The summed E-state index contributed by atoms with van der Waals surface area (Å²) in [5.41, 5.74) is 0.981. The molecule has 3 rings (SSSR count). The zero-order valence-electron chi connectivity index (χ0n) is 11.4. The van der Waals surface area contributed by atoms with Gasteiger partial charge in [-0.15, -0.1) is 4.91 Å². The highest BCUT2D eigenvalue weighted by atomic mass is 16.7. The molecule has 0 aliphatic heterocycles. The van der Waals surface area contributed by atoms with Crippen molar-refractivity contribution in [1.82, 2.24) is 0 Å². The maximum atomic E-state index is 11.6. The number of nitrogens with zero attached hydrogens (tertiary/aromatic N) is 1. The predicted octanol–water partition coefficient (Wildman–Crippen LogP) is 4.55. The second-order valence-corrected chi connectivity index (χ2v) is 4.48. The van der Waals surface area contributed by atoms with Crippen molar-refractivity contribution in [3.8, 4) is 5.75 Å². The van der Waals surface area contributed by atoms with Crippen LogP contribution in [0.3, 0.4) is 0 Å². The molecule has 0 radical (unpaired) electrons. The van der Waals surface area contributed by atoms with Crippen LogP contribution in [0.5, 0.6) is 5.75 Å². The van der Waals surface area contributed by atoms with Crippen LogP contribution in [0.4, 0.5) is 10.5 Å². The van der Waals surface area contributed by atoms with Gasteiger partial charge in [0.25, 0.3) is 0 Å². The molecule has 0 atom stereocenters. The number of fused-ring (bicyclic) bond motifs is 1. The molecule has 0 amide bonds. The number of rotatable bonds is 4. The molecule has 0 aliphatic rings. The zero-order valence-corrected chi connectivity index (χ0v) is 11.4. The number of nitroso groups, excluding NO2 is 1. The van der Waals surface area contributed by atoms with Crippen molar-refractivity contribution < 1.29 is 18.7 Å². The normalized spacial score (nSPS) is 10.4. The van der Waals surface area contributed by atoms with Gasteiger partial charge < -0.3 is 13.9 Å². The average molecular weight is 297 g/mol. The molecule has 0 saturated carbocycles. The first-order chi connectivity index (χ1) is 10.7. The van der Waals surface area contributed by atoms with Crippen molar-refractivity contribution in [3.05, 3.63) is 65.3 Å². The highest BCUT2D eigenvalue weighted by Gasteiger charge is 2.09. The standard InChI is InChI=1S/C16H11NO5/c18-16(22-13-7-5-12(17-19)6-8-13)20-10-14-9-11-3-1-2-4-15(11)21-14/h1-9H,10H2. The monoisotopic (exact) mass is 297 g/mol. The molecule has 22 heavy (non-hydrogen) atoms. The van der Waals surface area contributed by atoms with Gasteiger partial charge in [0, 0.05) is 5.39 Å². The van der Waals surface area contributed by atoms with Crippen molar-refractivity contribution >= 4 is 22.8 Å². The van der Waals surface area contributed by atoms with E-state index in [1.165, 1.54) is 24.3 Å². The molecule has 6 heteroatoms. The van der Waals surface area contributed by atoms with Crippen LogP contribution in [0.2, 0.25) is 0 Å². The van der Waals surface area contributed by atoms with Gasteiger partial charge in [0.15, 0.2) is 6.61 Å². The minimum absolute atomic E-state index is 0.0263.